The Morgan fingerprint density at radius 3 is 1.47 bits per heavy atom. The Labute approximate surface area is 199 Å². The summed E-state index contributed by atoms with van der Waals surface area (Å²) in [5, 5.41) is 8.85. The van der Waals surface area contributed by atoms with Crippen LogP contribution in [0.15, 0.2) is 0 Å². The molecule has 0 bridgehead atoms. The maximum Gasteiger partial charge on any atom is 0.411 e. The number of rotatable bonds is 2. The van der Waals surface area contributed by atoms with E-state index < -0.39 is 47.4 Å². The molecule has 2 heterocycles. The second kappa shape index (κ2) is 11.8. The molecule has 2 atom stereocenters. The van der Waals surface area contributed by atoms with Crippen molar-refractivity contribution in [2.75, 3.05) is 20.2 Å². The van der Waals surface area contributed by atoms with Gasteiger partial charge in [-0.15, -0.1) is 0 Å². The van der Waals surface area contributed by atoms with Gasteiger partial charge in [0.25, 0.3) is 0 Å². The third kappa shape index (κ3) is 9.36. The van der Waals surface area contributed by atoms with Crippen LogP contribution < -0.4 is 0 Å². The maximum absolute atomic E-state index is 11.8. The van der Waals surface area contributed by atoms with E-state index in [9.17, 15) is 28.8 Å². The molecule has 2 saturated heterocycles. The molecule has 2 rings (SSSR count). The maximum atomic E-state index is 11.8. The number of carboxylic acid groups (broad SMARTS) is 1. The number of Topliss-reactive ketones (excluding diaryl/α,β-unsaturated/α-hetero) is 2. The minimum absolute atomic E-state index is 0. The molecule has 2 amide bonds. The summed E-state index contributed by atoms with van der Waals surface area (Å²) in [7, 11) is 1.22. The molecule has 34 heavy (non-hydrogen) atoms. The number of likely N-dealkylation sites (tertiary alicyclic amines) is 2. The number of aliphatic carboxylic acids is 1. The van der Waals surface area contributed by atoms with E-state index in [-0.39, 0.29) is 44.9 Å². The minimum Gasteiger partial charge on any atom is -0.480 e. The Bertz CT molecular complexity index is 809. The van der Waals surface area contributed by atoms with Gasteiger partial charge in [-0.05, 0) is 41.5 Å². The summed E-state index contributed by atoms with van der Waals surface area (Å²) in [6, 6.07) is -1.95. The molecule has 1 N–H and O–H groups in total. The highest BCUT2D eigenvalue weighted by atomic mass is 16.6. The second-order valence-electron chi connectivity index (χ2n) is 9.60. The van der Waals surface area contributed by atoms with E-state index in [1.54, 1.807) is 41.5 Å². The number of carbonyl (C=O) groups is 6. The zero-order valence-electron chi connectivity index (χ0n) is 20.0. The zero-order chi connectivity index (χ0) is 25.7. The van der Waals surface area contributed by atoms with Crippen LogP contribution in [0.4, 0.5) is 9.59 Å². The summed E-state index contributed by atoms with van der Waals surface area (Å²) in [4.78, 5) is 70.1. The molecular weight excluding hydrogens is 452 g/mol. The largest absolute Gasteiger partial charge is 0.480 e. The van der Waals surface area contributed by atoms with Crippen molar-refractivity contribution in [2.45, 2.75) is 85.1 Å². The molecule has 0 spiro atoms. The van der Waals surface area contributed by atoms with Crippen LogP contribution in [0.5, 0.6) is 0 Å². The lowest BCUT2D eigenvalue weighted by atomic mass is 10.2. The predicted octanol–water partition coefficient (Wildman–Crippen LogP) is 2.02. The highest BCUT2D eigenvalue weighted by Crippen LogP contribution is 2.20. The van der Waals surface area contributed by atoms with Gasteiger partial charge in [-0.1, -0.05) is 7.43 Å². The van der Waals surface area contributed by atoms with Gasteiger partial charge in [0.2, 0.25) is 0 Å². The SMILES string of the molecule is C.CC(C)(C)OC(=O)N1CC(=O)CC1C(=O)O.COC(=O)C1CC(=O)CN1C(=O)OC(C)(C)C. The Hall–Kier alpha value is -3.18. The molecule has 0 saturated carbocycles. The standard InChI is InChI=1S/C11H17NO5.C10H15NO5.CH4/c1-11(2,3)17-10(15)12-6-7(13)5-8(12)9(14)16-4;1-10(2,3)16-9(15)11-5-6(12)4-7(11)8(13)14;/h8H,5-6H2,1-4H3;7H,4-5H2,1-3H3,(H,13,14);1H4. The summed E-state index contributed by atoms with van der Waals surface area (Å²) in [6.07, 6.45) is -1.58. The van der Waals surface area contributed by atoms with E-state index in [0.29, 0.717) is 0 Å². The molecule has 0 aromatic heterocycles. The number of ketones is 2. The van der Waals surface area contributed by atoms with Gasteiger partial charge in [0.15, 0.2) is 11.6 Å². The van der Waals surface area contributed by atoms with Crippen molar-refractivity contribution in [3.63, 3.8) is 0 Å². The molecule has 2 aliphatic heterocycles. The van der Waals surface area contributed by atoms with Crippen LogP contribution in [0.3, 0.4) is 0 Å². The normalized spacial score (nSPS) is 20.1. The molecule has 0 aromatic rings. The third-order valence-electron chi connectivity index (χ3n) is 4.30. The number of carbonyl (C=O) groups excluding carboxylic acids is 5. The Morgan fingerprint density at radius 2 is 1.15 bits per heavy atom. The van der Waals surface area contributed by atoms with Crippen molar-refractivity contribution in [2.24, 2.45) is 0 Å². The van der Waals surface area contributed by atoms with Gasteiger partial charge in [-0.2, -0.15) is 0 Å². The Kier molecular flexibility index (Phi) is 10.7. The van der Waals surface area contributed by atoms with Gasteiger partial charge in [0, 0.05) is 12.8 Å². The fourth-order valence-corrected chi connectivity index (χ4v) is 2.97. The number of amides is 2. The van der Waals surface area contributed by atoms with Crippen molar-refractivity contribution >= 4 is 35.7 Å². The lowest BCUT2D eigenvalue weighted by Crippen LogP contribution is -2.43. The molecule has 2 unspecified atom stereocenters. The van der Waals surface area contributed by atoms with Crippen LogP contribution in [-0.4, -0.2) is 94.1 Å². The molecule has 2 aliphatic rings. The van der Waals surface area contributed by atoms with Gasteiger partial charge in [-0.3, -0.25) is 19.4 Å². The smallest absolute Gasteiger partial charge is 0.411 e. The topological polar surface area (TPSA) is 157 Å². The van der Waals surface area contributed by atoms with E-state index in [0.717, 1.165) is 9.80 Å². The molecular formula is C22H36N2O10. The second-order valence-corrected chi connectivity index (χ2v) is 9.60. The predicted molar refractivity (Wildman–Crippen MR) is 119 cm³/mol. The number of methoxy groups -OCH3 is 1. The monoisotopic (exact) mass is 488 g/mol. The van der Waals surface area contributed by atoms with Crippen molar-refractivity contribution in [1.82, 2.24) is 9.80 Å². The van der Waals surface area contributed by atoms with E-state index in [1.807, 2.05) is 0 Å². The van der Waals surface area contributed by atoms with Crippen LogP contribution in [0.1, 0.15) is 61.8 Å². The van der Waals surface area contributed by atoms with Crippen LogP contribution in [0.25, 0.3) is 0 Å². The summed E-state index contributed by atoms with van der Waals surface area (Å²) < 4.78 is 14.7. The summed E-state index contributed by atoms with van der Waals surface area (Å²) >= 11 is 0. The van der Waals surface area contributed by atoms with E-state index >= 15 is 0 Å². The summed E-state index contributed by atoms with van der Waals surface area (Å²) in [5.41, 5.74) is -1.37. The molecule has 12 nitrogen and oxygen atoms in total. The molecule has 0 aliphatic carbocycles. The van der Waals surface area contributed by atoms with Crippen molar-refractivity contribution in [3.8, 4) is 0 Å². The first-order chi connectivity index (χ1) is 14.9. The lowest BCUT2D eigenvalue weighted by molar-refractivity contribution is -0.146. The number of esters is 1. The average molecular weight is 489 g/mol. The van der Waals surface area contributed by atoms with Gasteiger partial charge in [0.05, 0.1) is 20.2 Å². The fourth-order valence-electron chi connectivity index (χ4n) is 2.97. The van der Waals surface area contributed by atoms with E-state index in [2.05, 4.69) is 4.74 Å². The summed E-state index contributed by atoms with van der Waals surface area (Å²) in [5.74, 6) is -2.22. The fraction of sp³-hybridized carbons (Fsp3) is 0.727. The number of hydrogen-bond donors (Lipinski definition) is 1. The number of ether oxygens (including phenoxy) is 3. The Morgan fingerprint density at radius 1 is 0.794 bits per heavy atom. The van der Waals surface area contributed by atoms with Gasteiger partial charge in [-0.25, -0.2) is 19.2 Å². The van der Waals surface area contributed by atoms with Gasteiger partial charge in [0.1, 0.15) is 23.3 Å². The van der Waals surface area contributed by atoms with Crippen molar-refractivity contribution in [3.05, 3.63) is 0 Å². The van der Waals surface area contributed by atoms with Crippen molar-refractivity contribution < 1.29 is 48.1 Å². The highest BCUT2D eigenvalue weighted by molar-refractivity contribution is 5.96. The minimum atomic E-state index is -1.18. The zero-order valence-corrected chi connectivity index (χ0v) is 20.0. The first kappa shape index (κ1) is 30.8. The Balaban J connectivity index is 0.000000623. The molecule has 194 valence electrons. The summed E-state index contributed by atoms with van der Waals surface area (Å²) in [6.45, 7) is 9.90. The first-order valence-corrected chi connectivity index (χ1v) is 10.3. The van der Waals surface area contributed by atoms with Gasteiger partial charge < -0.3 is 19.3 Å². The molecule has 2 fully saturated rings. The van der Waals surface area contributed by atoms with Gasteiger partial charge >= 0.3 is 24.1 Å². The number of carboxylic acids is 1. The van der Waals surface area contributed by atoms with Crippen LogP contribution in [0, 0.1) is 0 Å². The van der Waals surface area contributed by atoms with E-state index in [1.165, 1.54) is 7.11 Å². The first-order valence-electron chi connectivity index (χ1n) is 10.3. The third-order valence-corrected chi connectivity index (χ3v) is 4.30. The van der Waals surface area contributed by atoms with Crippen LogP contribution >= 0.6 is 0 Å². The van der Waals surface area contributed by atoms with E-state index in [4.69, 9.17) is 14.6 Å². The molecule has 0 radical (unpaired) electrons. The number of hydrogen-bond acceptors (Lipinski definition) is 9. The highest BCUT2D eigenvalue weighted by Gasteiger charge is 2.42. The van der Waals surface area contributed by atoms with Crippen LogP contribution in [-0.2, 0) is 33.4 Å². The lowest BCUT2D eigenvalue weighted by Gasteiger charge is -2.26. The van der Waals surface area contributed by atoms with Crippen LogP contribution in [0.2, 0.25) is 0 Å². The number of nitrogens with zero attached hydrogens (tertiary/aromatic N) is 2. The van der Waals surface area contributed by atoms with Crippen molar-refractivity contribution in [1.29, 1.82) is 0 Å². The molecule has 0 aromatic carbocycles. The quantitative estimate of drug-likeness (QED) is 0.450. The average Bonchev–Trinajstić information content (AvgIpc) is 3.22. The molecule has 12 heteroatoms.